The predicted molar refractivity (Wildman–Crippen MR) is 64.4 cm³/mol. The van der Waals surface area contributed by atoms with Gasteiger partial charge >= 0.3 is 0 Å². The normalized spacial score (nSPS) is 26.2. The van der Waals surface area contributed by atoms with Crippen LogP contribution in [-0.4, -0.2) is 17.3 Å². The molecule has 0 spiro atoms. The molecule has 0 bridgehead atoms. The van der Waals surface area contributed by atoms with Crippen LogP contribution in [0.1, 0.15) is 42.6 Å². The molecule has 2 atom stereocenters. The predicted octanol–water partition coefficient (Wildman–Crippen LogP) is 3.05. The Morgan fingerprint density at radius 1 is 1.41 bits per heavy atom. The molecule has 1 fully saturated rings. The summed E-state index contributed by atoms with van der Waals surface area (Å²) in [7, 11) is 0. The maximum atomic E-state index is 14.0. The van der Waals surface area contributed by atoms with E-state index in [0.717, 1.165) is 24.0 Å². The van der Waals surface area contributed by atoms with Crippen LogP contribution in [0.3, 0.4) is 0 Å². The third kappa shape index (κ3) is 2.22. The zero-order chi connectivity index (χ0) is 12.6. The topological polar surface area (TPSA) is 29.5 Å². The molecule has 17 heavy (non-hydrogen) atoms. The Bertz CT molecular complexity index is 399. The van der Waals surface area contributed by atoms with Gasteiger partial charge in [0.15, 0.2) is 0 Å². The molecule has 1 heterocycles. The first-order valence-electron chi connectivity index (χ1n) is 6.03. The molecular formula is C14H19FO2. The zero-order valence-electron chi connectivity index (χ0n) is 10.6. The number of rotatable bonds is 2. The number of benzene rings is 1. The first-order valence-corrected chi connectivity index (χ1v) is 6.03. The Morgan fingerprint density at radius 3 is 2.65 bits per heavy atom. The van der Waals surface area contributed by atoms with E-state index in [1.807, 2.05) is 26.8 Å². The molecule has 2 nitrogen and oxygen atoms in total. The lowest BCUT2D eigenvalue weighted by Gasteiger charge is -2.30. The van der Waals surface area contributed by atoms with E-state index in [1.165, 1.54) is 6.07 Å². The molecule has 1 aliphatic rings. The molecule has 3 heteroatoms. The lowest BCUT2D eigenvalue weighted by molar-refractivity contribution is -0.0811. The highest BCUT2D eigenvalue weighted by Crippen LogP contribution is 2.39. The van der Waals surface area contributed by atoms with Crippen molar-refractivity contribution in [2.75, 3.05) is 6.61 Å². The number of aliphatic hydroxyl groups is 1. The van der Waals surface area contributed by atoms with Crippen molar-refractivity contribution in [3.05, 3.63) is 34.6 Å². The quantitative estimate of drug-likeness (QED) is 0.858. The minimum Gasteiger partial charge on any atom is -0.385 e. The number of hydrogen-bond acceptors (Lipinski definition) is 2. The van der Waals surface area contributed by atoms with Gasteiger partial charge in [0, 0.05) is 12.2 Å². The van der Waals surface area contributed by atoms with Gasteiger partial charge in [-0.3, -0.25) is 0 Å². The molecule has 1 saturated heterocycles. The first-order chi connectivity index (χ1) is 7.94. The van der Waals surface area contributed by atoms with Crippen LogP contribution >= 0.6 is 0 Å². The molecule has 1 aromatic rings. The van der Waals surface area contributed by atoms with Crippen molar-refractivity contribution < 1.29 is 14.2 Å². The summed E-state index contributed by atoms with van der Waals surface area (Å²) in [5.41, 5.74) is 1.38. The van der Waals surface area contributed by atoms with Gasteiger partial charge in [0.1, 0.15) is 11.9 Å². The molecule has 1 aromatic carbocycles. The summed E-state index contributed by atoms with van der Waals surface area (Å²) in [6.07, 6.45) is 0.784. The zero-order valence-corrected chi connectivity index (χ0v) is 10.6. The minimum atomic E-state index is -0.898. The number of hydrogen-bond donors (Lipinski definition) is 1. The van der Waals surface area contributed by atoms with Gasteiger partial charge in [0.25, 0.3) is 0 Å². The second-order valence-electron chi connectivity index (χ2n) is 5.14. The van der Waals surface area contributed by atoms with E-state index in [2.05, 4.69) is 0 Å². The highest BCUT2D eigenvalue weighted by molar-refractivity contribution is 5.35. The smallest absolute Gasteiger partial charge is 0.129 e. The largest absolute Gasteiger partial charge is 0.385 e. The molecule has 2 rings (SSSR count). The number of aryl methyl sites for hydroxylation is 2. The maximum absolute atomic E-state index is 14.0. The highest BCUT2D eigenvalue weighted by atomic mass is 19.1. The third-order valence-electron chi connectivity index (χ3n) is 3.58. The van der Waals surface area contributed by atoms with Gasteiger partial charge < -0.3 is 9.84 Å². The Hall–Kier alpha value is -0.930. The molecule has 0 amide bonds. The van der Waals surface area contributed by atoms with E-state index in [1.54, 1.807) is 0 Å². The van der Waals surface area contributed by atoms with Gasteiger partial charge in [-0.15, -0.1) is 0 Å². The molecule has 0 radical (unpaired) electrons. The summed E-state index contributed by atoms with van der Waals surface area (Å²) < 4.78 is 19.5. The van der Waals surface area contributed by atoms with Crippen molar-refractivity contribution in [2.45, 2.75) is 45.3 Å². The number of halogens is 1. The molecule has 0 aromatic heterocycles. The van der Waals surface area contributed by atoms with Crippen LogP contribution in [0.5, 0.6) is 0 Å². The Morgan fingerprint density at radius 2 is 2.12 bits per heavy atom. The Labute approximate surface area is 101 Å². The second-order valence-corrected chi connectivity index (χ2v) is 5.14. The first kappa shape index (κ1) is 12.5. The lowest BCUT2D eigenvalue weighted by Crippen LogP contribution is -2.33. The minimum absolute atomic E-state index is 0.341. The summed E-state index contributed by atoms with van der Waals surface area (Å²) in [5, 5.41) is 10.4. The molecule has 1 aliphatic heterocycles. The highest BCUT2D eigenvalue weighted by Gasteiger charge is 2.40. The van der Waals surface area contributed by atoms with E-state index in [0.29, 0.717) is 12.2 Å². The summed E-state index contributed by atoms with van der Waals surface area (Å²) in [5.74, 6) is -0.341. The molecular weight excluding hydrogens is 219 g/mol. The fourth-order valence-electron chi connectivity index (χ4n) is 2.59. The van der Waals surface area contributed by atoms with Crippen molar-refractivity contribution in [1.29, 1.82) is 0 Å². The van der Waals surface area contributed by atoms with Gasteiger partial charge in [0.2, 0.25) is 0 Å². The van der Waals surface area contributed by atoms with Gasteiger partial charge in [-0.2, -0.15) is 0 Å². The van der Waals surface area contributed by atoms with Crippen molar-refractivity contribution in [2.24, 2.45) is 0 Å². The van der Waals surface area contributed by atoms with Crippen LogP contribution in [0, 0.1) is 19.7 Å². The molecule has 0 saturated carbocycles. The Kier molecular flexibility index (Phi) is 3.23. The van der Waals surface area contributed by atoms with E-state index >= 15 is 0 Å². The van der Waals surface area contributed by atoms with E-state index in [-0.39, 0.29) is 5.82 Å². The van der Waals surface area contributed by atoms with E-state index in [4.69, 9.17) is 4.74 Å². The average Bonchev–Trinajstić information content (AvgIpc) is 2.64. The SMILES string of the molecule is Cc1cc(C)c(C(O)C2(C)CCCO2)c(F)c1. The second kappa shape index (κ2) is 4.39. The average molecular weight is 238 g/mol. The third-order valence-corrected chi connectivity index (χ3v) is 3.58. The summed E-state index contributed by atoms with van der Waals surface area (Å²) in [4.78, 5) is 0. The van der Waals surface area contributed by atoms with Crippen LogP contribution in [0.15, 0.2) is 12.1 Å². The van der Waals surface area contributed by atoms with Gasteiger partial charge in [0.05, 0.1) is 5.60 Å². The standard InChI is InChI=1S/C14H19FO2/c1-9-7-10(2)12(11(15)8-9)13(16)14(3)5-4-6-17-14/h7-8,13,16H,4-6H2,1-3H3. The van der Waals surface area contributed by atoms with Crippen molar-refractivity contribution in [3.8, 4) is 0 Å². The van der Waals surface area contributed by atoms with Gasteiger partial charge in [-0.25, -0.2) is 4.39 Å². The fraction of sp³-hybridized carbons (Fsp3) is 0.571. The van der Waals surface area contributed by atoms with Crippen LogP contribution in [0.2, 0.25) is 0 Å². The maximum Gasteiger partial charge on any atom is 0.129 e. The van der Waals surface area contributed by atoms with Crippen LogP contribution < -0.4 is 0 Å². The van der Waals surface area contributed by atoms with Crippen molar-refractivity contribution in [1.82, 2.24) is 0 Å². The molecule has 94 valence electrons. The van der Waals surface area contributed by atoms with Gasteiger partial charge in [-0.1, -0.05) is 6.07 Å². The lowest BCUT2D eigenvalue weighted by atomic mass is 9.87. The number of ether oxygens (including phenoxy) is 1. The number of aliphatic hydroxyl groups excluding tert-OH is 1. The van der Waals surface area contributed by atoms with Crippen LogP contribution in [-0.2, 0) is 4.74 Å². The Balaban J connectivity index is 2.40. The molecule has 0 aliphatic carbocycles. The van der Waals surface area contributed by atoms with Crippen LogP contribution in [0.25, 0.3) is 0 Å². The monoisotopic (exact) mass is 238 g/mol. The summed E-state index contributed by atoms with van der Waals surface area (Å²) >= 11 is 0. The van der Waals surface area contributed by atoms with Gasteiger partial charge in [-0.05, 0) is 50.8 Å². The van der Waals surface area contributed by atoms with E-state index in [9.17, 15) is 9.50 Å². The molecule has 2 unspecified atom stereocenters. The van der Waals surface area contributed by atoms with Crippen molar-refractivity contribution >= 4 is 0 Å². The molecule has 1 N–H and O–H groups in total. The fourth-order valence-corrected chi connectivity index (χ4v) is 2.59. The van der Waals surface area contributed by atoms with Crippen molar-refractivity contribution in [3.63, 3.8) is 0 Å². The van der Waals surface area contributed by atoms with Crippen LogP contribution in [0.4, 0.5) is 4.39 Å². The summed E-state index contributed by atoms with van der Waals surface area (Å²) in [6.45, 7) is 6.16. The summed E-state index contributed by atoms with van der Waals surface area (Å²) in [6, 6.07) is 3.35. The van der Waals surface area contributed by atoms with E-state index < -0.39 is 11.7 Å².